The van der Waals surface area contributed by atoms with Crippen LogP contribution in [0.15, 0.2) is 77.7 Å². The summed E-state index contributed by atoms with van der Waals surface area (Å²) in [6, 6.07) is 22.0. The van der Waals surface area contributed by atoms with E-state index in [1.165, 1.54) is 0 Å². The second-order valence-corrected chi connectivity index (χ2v) is 9.92. The number of hydrogen-bond donors (Lipinski definition) is 1. The van der Waals surface area contributed by atoms with E-state index in [0.29, 0.717) is 6.54 Å². The predicted octanol–water partition coefficient (Wildman–Crippen LogP) is 4.15. The van der Waals surface area contributed by atoms with Gasteiger partial charge in [-0.25, -0.2) is 8.42 Å². The first kappa shape index (κ1) is 20.0. The van der Waals surface area contributed by atoms with Crippen LogP contribution in [0.25, 0.3) is 0 Å². The van der Waals surface area contributed by atoms with Crippen molar-refractivity contribution in [2.24, 2.45) is 0 Å². The van der Waals surface area contributed by atoms with Crippen LogP contribution >= 0.6 is 0 Å². The van der Waals surface area contributed by atoms with Gasteiger partial charge in [0, 0.05) is 6.54 Å². The predicted molar refractivity (Wildman–Crippen MR) is 121 cm³/mol. The fourth-order valence-corrected chi connectivity index (χ4v) is 5.96. The lowest BCUT2D eigenvalue weighted by atomic mass is 9.97. The van der Waals surface area contributed by atoms with E-state index in [1.54, 1.807) is 12.1 Å². The van der Waals surface area contributed by atoms with Gasteiger partial charge in [0.25, 0.3) is 0 Å². The SMILES string of the molecule is C[C@H]1C(=O)N2CCCc3cc(S(=O)(=O)NC(c4ccccc4)c4ccccc4)cc1c32. The Hall–Kier alpha value is -2.96. The minimum absolute atomic E-state index is 0.0601. The molecule has 5 rings (SSSR count). The first-order valence-electron chi connectivity index (χ1n) is 10.6. The summed E-state index contributed by atoms with van der Waals surface area (Å²) in [6.07, 6.45) is 1.63. The summed E-state index contributed by atoms with van der Waals surface area (Å²) in [5, 5.41) is 0. The third-order valence-corrected chi connectivity index (χ3v) is 7.64. The van der Waals surface area contributed by atoms with Crippen LogP contribution in [0.3, 0.4) is 0 Å². The Kier molecular flexibility index (Phi) is 4.91. The summed E-state index contributed by atoms with van der Waals surface area (Å²) in [4.78, 5) is 14.7. The highest BCUT2D eigenvalue weighted by molar-refractivity contribution is 7.89. The fourth-order valence-electron chi connectivity index (χ4n) is 4.66. The molecule has 2 aliphatic heterocycles. The number of carbonyl (C=O) groups is 1. The Morgan fingerprint density at radius 1 is 0.968 bits per heavy atom. The van der Waals surface area contributed by atoms with Gasteiger partial charge in [0.15, 0.2) is 0 Å². The van der Waals surface area contributed by atoms with Crippen LogP contribution in [0.5, 0.6) is 0 Å². The smallest absolute Gasteiger partial charge is 0.241 e. The van der Waals surface area contributed by atoms with Gasteiger partial charge in [0.05, 0.1) is 22.5 Å². The average Bonchev–Trinajstić information content (AvgIpc) is 3.05. The number of sulfonamides is 1. The van der Waals surface area contributed by atoms with Crippen molar-refractivity contribution in [1.29, 1.82) is 0 Å². The summed E-state index contributed by atoms with van der Waals surface area (Å²) in [5.41, 5.74) is 4.42. The van der Waals surface area contributed by atoms with E-state index in [1.807, 2.05) is 72.5 Å². The molecule has 3 aromatic carbocycles. The van der Waals surface area contributed by atoms with Gasteiger partial charge in [-0.05, 0) is 54.2 Å². The molecule has 0 radical (unpaired) electrons. The zero-order chi connectivity index (χ0) is 21.6. The zero-order valence-electron chi connectivity index (χ0n) is 17.3. The van der Waals surface area contributed by atoms with Crippen molar-refractivity contribution >= 4 is 21.6 Å². The molecule has 1 amide bonds. The lowest BCUT2D eigenvalue weighted by Gasteiger charge is -2.26. The lowest BCUT2D eigenvalue weighted by Crippen LogP contribution is -2.32. The maximum Gasteiger partial charge on any atom is 0.241 e. The second-order valence-electron chi connectivity index (χ2n) is 8.21. The number of benzene rings is 3. The number of rotatable bonds is 5. The first-order chi connectivity index (χ1) is 15.0. The van der Waals surface area contributed by atoms with Gasteiger partial charge in [0.2, 0.25) is 15.9 Å². The van der Waals surface area contributed by atoms with E-state index in [4.69, 9.17) is 0 Å². The van der Waals surface area contributed by atoms with Crippen molar-refractivity contribution in [3.05, 3.63) is 95.1 Å². The van der Waals surface area contributed by atoms with E-state index >= 15 is 0 Å². The van der Waals surface area contributed by atoms with Crippen LogP contribution in [-0.2, 0) is 21.2 Å². The molecule has 0 aromatic heterocycles. The van der Waals surface area contributed by atoms with Crippen molar-refractivity contribution in [3.8, 4) is 0 Å². The number of nitrogens with zero attached hydrogens (tertiary/aromatic N) is 1. The monoisotopic (exact) mass is 432 g/mol. The first-order valence-corrected chi connectivity index (χ1v) is 12.0. The Labute approximate surface area is 182 Å². The summed E-state index contributed by atoms with van der Waals surface area (Å²) in [7, 11) is -3.82. The number of carbonyl (C=O) groups excluding carboxylic acids is 1. The number of nitrogens with one attached hydrogen (secondary N) is 1. The third kappa shape index (κ3) is 3.46. The Morgan fingerprint density at radius 3 is 2.19 bits per heavy atom. The molecular formula is C25H24N2O3S. The van der Waals surface area contributed by atoms with Crippen LogP contribution in [-0.4, -0.2) is 20.9 Å². The average molecular weight is 433 g/mol. The normalized spacial score (nSPS) is 17.8. The maximum atomic E-state index is 13.5. The summed E-state index contributed by atoms with van der Waals surface area (Å²) in [5.74, 6) is -0.258. The maximum absolute atomic E-state index is 13.5. The van der Waals surface area contributed by atoms with Crippen LogP contribution in [0.4, 0.5) is 5.69 Å². The molecule has 0 unspecified atom stereocenters. The molecule has 158 valence electrons. The molecule has 5 nitrogen and oxygen atoms in total. The third-order valence-electron chi connectivity index (χ3n) is 6.24. The largest absolute Gasteiger partial charge is 0.311 e. The molecule has 6 heteroatoms. The van der Waals surface area contributed by atoms with E-state index in [0.717, 1.165) is 40.8 Å². The Morgan fingerprint density at radius 2 is 1.58 bits per heavy atom. The molecule has 1 N–H and O–H groups in total. The lowest BCUT2D eigenvalue weighted by molar-refractivity contribution is -0.119. The van der Waals surface area contributed by atoms with Crippen molar-refractivity contribution in [2.45, 2.75) is 36.6 Å². The van der Waals surface area contributed by atoms with E-state index in [9.17, 15) is 13.2 Å². The molecule has 0 aliphatic carbocycles. The van der Waals surface area contributed by atoms with Crippen LogP contribution in [0, 0.1) is 0 Å². The van der Waals surface area contributed by atoms with E-state index < -0.39 is 16.1 Å². The van der Waals surface area contributed by atoms with Gasteiger partial charge in [-0.15, -0.1) is 0 Å². The van der Waals surface area contributed by atoms with Crippen molar-refractivity contribution < 1.29 is 13.2 Å². The molecule has 0 saturated heterocycles. The van der Waals surface area contributed by atoms with Gasteiger partial charge < -0.3 is 4.90 Å². The fraction of sp³-hybridized carbons (Fsp3) is 0.240. The van der Waals surface area contributed by atoms with Gasteiger partial charge in [-0.1, -0.05) is 60.7 Å². The quantitative estimate of drug-likeness (QED) is 0.659. The minimum Gasteiger partial charge on any atom is -0.311 e. The Balaban J connectivity index is 1.57. The number of aryl methyl sites for hydroxylation is 1. The highest BCUT2D eigenvalue weighted by Gasteiger charge is 2.39. The topological polar surface area (TPSA) is 66.5 Å². The number of hydrogen-bond acceptors (Lipinski definition) is 3. The molecule has 1 atom stereocenters. The molecule has 0 bridgehead atoms. The second kappa shape index (κ2) is 7.62. The molecular weight excluding hydrogens is 408 g/mol. The molecule has 0 fully saturated rings. The standard InChI is InChI=1S/C25H24N2O3S/c1-17-22-16-21(15-20-13-8-14-27(24(20)22)25(17)28)31(29,30)26-23(18-9-4-2-5-10-18)19-11-6-3-7-12-19/h2-7,9-12,15-17,23,26H,8,13-14H2,1H3/t17-/m1/s1. The molecule has 0 spiro atoms. The van der Waals surface area contributed by atoms with E-state index in [2.05, 4.69) is 4.72 Å². The van der Waals surface area contributed by atoms with Gasteiger partial charge in [-0.2, -0.15) is 4.72 Å². The summed E-state index contributed by atoms with van der Waals surface area (Å²) in [6.45, 7) is 2.56. The molecule has 0 saturated carbocycles. The van der Waals surface area contributed by atoms with Crippen molar-refractivity contribution in [3.63, 3.8) is 0 Å². The molecule has 3 aromatic rings. The molecule has 2 heterocycles. The molecule has 2 aliphatic rings. The van der Waals surface area contributed by atoms with Crippen LogP contribution in [0.1, 0.15) is 47.6 Å². The Bertz CT molecular complexity index is 1200. The minimum atomic E-state index is -3.82. The summed E-state index contributed by atoms with van der Waals surface area (Å²) >= 11 is 0. The van der Waals surface area contributed by atoms with Gasteiger partial charge in [-0.3, -0.25) is 4.79 Å². The van der Waals surface area contributed by atoms with Crippen molar-refractivity contribution in [1.82, 2.24) is 4.72 Å². The molecule has 31 heavy (non-hydrogen) atoms. The number of anilines is 1. The van der Waals surface area contributed by atoms with E-state index in [-0.39, 0.29) is 16.7 Å². The number of amides is 1. The van der Waals surface area contributed by atoms with Gasteiger partial charge in [0.1, 0.15) is 0 Å². The highest BCUT2D eigenvalue weighted by atomic mass is 32.2. The van der Waals surface area contributed by atoms with Crippen molar-refractivity contribution in [2.75, 3.05) is 11.4 Å². The highest BCUT2D eigenvalue weighted by Crippen LogP contribution is 2.44. The summed E-state index contributed by atoms with van der Waals surface area (Å²) < 4.78 is 30.0. The van der Waals surface area contributed by atoms with Crippen LogP contribution in [0.2, 0.25) is 0 Å². The van der Waals surface area contributed by atoms with Crippen LogP contribution < -0.4 is 9.62 Å². The van der Waals surface area contributed by atoms with Gasteiger partial charge >= 0.3 is 0 Å². The zero-order valence-corrected chi connectivity index (χ0v) is 18.1.